The Labute approximate surface area is 210 Å². The fourth-order valence-electron chi connectivity index (χ4n) is 4.07. The van der Waals surface area contributed by atoms with Crippen LogP contribution in [0.3, 0.4) is 0 Å². The van der Waals surface area contributed by atoms with Crippen molar-refractivity contribution in [3.05, 3.63) is 71.8 Å². The second-order valence-electron chi connectivity index (χ2n) is 11.9. The zero-order valence-corrected chi connectivity index (χ0v) is 24.9. The van der Waals surface area contributed by atoms with Gasteiger partial charge in [0.2, 0.25) is 0 Å². The van der Waals surface area contributed by atoms with Gasteiger partial charge in [-0.05, 0) is 52.5 Å². The number of rotatable bonds is 10. The van der Waals surface area contributed by atoms with E-state index >= 15 is 0 Å². The number of aliphatic hydroxyl groups is 1. The van der Waals surface area contributed by atoms with Crippen LogP contribution in [0.2, 0.25) is 23.2 Å². The molecule has 34 heavy (non-hydrogen) atoms. The summed E-state index contributed by atoms with van der Waals surface area (Å²) in [6, 6.07) is 21.5. The molecule has 0 heterocycles. The molecular formula is C29H46O3Si2. The molecular weight excluding hydrogens is 452 g/mol. The molecule has 0 amide bonds. The van der Waals surface area contributed by atoms with Crippen LogP contribution in [0.15, 0.2) is 71.8 Å². The summed E-state index contributed by atoms with van der Waals surface area (Å²) in [7, 11) is -4.55. The van der Waals surface area contributed by atoms with Gasteiger partial charge < -0.3 is 14.0 Å². The third-order valence-corrected chi connectivity index (χ3v) is 16.8. The standard InChI is InChI=1S/C29H46O3Si2/c1-24(20-21-30)25(22-31-33(8,9)28(2,3)4)23-32-34(29(5,6)7,26-16-12-10-13-17-26)27-18-14-11-15-19-27/h10-19,30H,20-23H2,1-9H3/b25-24+. The first kappa shape index (κ1) is 28.7. The summed E-state index contributed by atoms with van der Waals surface area (Å²) in [5.74, 6) is 0. The van der Waals surface area contributed by atoms with Crippen LogP contribution in [0, 0.1) is 0 Å². The van der Waals surface area contributed by atoms with Gasteiger partial charge in [0.05, 0.1) is 13.2 Å². The van der Waals surface area contributed by atoms with Crippen LogP contribution < -0.4 is 10.4 Å². The van der Waals surface area contributed by atoms with Crippen molar-refractivity contribution in [2.45, 2.75) is 78.1 Å². The van der Waals surface area contributed by atoms with E-state index in [1.165, 1.54) is 15.9 Å². The summed E-state index contributed by atoms with van der Waals surface area (Å²) in [5, 5.41) is 12.3. The summed E-state index contributed by atoms with van der Waals surface area (Å²) in [6.45, 7) is 21.6. The van der Waals surface area contributed by atoms with Crippen molar-refractivity contribution in [3.63, 3.8) is 0 Å². The van der Waals surface area contributed by atoms with Gasteiger partial charge in [0.15, 0.2) is 8.32 Å². The monoisotopic (exact) mass is 498 g/mol. The highest BCUT2D eigenvalue weighted by atomic mass is 28.4. The minimum atomic E-state index is -2.63. The first-order valence-electron chi connectivity index (χ1n) is 12.4. The van der Waals surface area contributed by atoms with Gasteiger partial charge >= 0.3 is 0 Å². The number of hydrogen-bond acceptors (Lipinski definition) is 3. The second kappa shape index (κ2) is 11.5. The highest BCUT2D eigenvalue weighted by Crippen LogP contribution is 2.38. The third kappa shape index (κ3) is 6.58. The van der Waals surface area contributed by atoms with Crippen LogP contribution in [0.25, 0.3) is 0 Å². The summed E-state index contributed by atoms with van der Waals surface area (Å²) in [4.78, 5) is 0. The number of benzene rings is 2. The van der Waals surface area contributed by atoms with Crippen LogP contribution in [0.4, 0.5) is 0 Å². The van der Waals surface area contributed by atoms with E-state index in [1.807, 2.05) is 0 Å². The predicted molar refractivity (Wildman–Crippen MR) is 151 cm³/mol. The molecule has 2 aromatic carbocycles. The molecule has 2 rings (SSSR count). The van der Waals surface area contributed by atoms with Gasteiger partial charge in [-0.15, -0.1) is 0 Å². The highest BCUT2D eigenvalue weighted by Gasteiger charge is 2.50. The summed E-state index contributed by atoms with van der Waals surface area (Å²) >= 11 is 0. The summed E-state index contributed by atoms with van der Waals surface area (Å²) in [5.41, 5.74) is 2.33. The summed E-state index contributed by atoms with van der Waals surface area (Å²) < 4.78 is 13.8. The van der Waals surface area contributed by atoms with Gasteiger partial charge in [-0.1, -0.05) is 108 Å². The number of aliphatic hydroxyl groups excluding tert-OH is 1. The van der Waals surface area contributed by atoms with Crippen molar-refractivity contribution in [2.75, 3.05) is 19.8 Å². The molecule has 188 valence electrons. The molecule has 0 spiro atoms. The maximum atomic E-state index is 9.66. The van der Waals surface area contributed by atoms with Crippen LogP contribution in [0.5, 0.6) is 0 Å². The Morgan fingerprint density at radius 2 is 1.18 bits per heavy atom. The smallest absolute Gasteiger partial charge is 0.261 e. The van der Waals surface area contributed by atoms with Gasteiger partial charge in [-0.25, -0.2) is 0 Å². The van der Waals surface area contributed by atoms with Crippen molar-refractivity contribution >= 4 is 27.0 Å². The Balaban J connectivity index is 2.51. The van der Waals surface area contributed by atoms with E-state index in [-0.39, 0.29) is 16.7 Å². The van der Waals surface area contributed by atoms with Crippen LogP contribution >= 0.6 is 0 Å². The largest absolute Gasteiger partial charge is 0.413 e. The molecule has 5 heteroatoms. The zero-order chi connectivity index (χ0) is 25.6. The quantitative estimate of drug-likeness (QED) is 0.309. The molecule has 3 nitrogen and oxygen atoms in total. The first-order chi connectivity index (χ1) is 15.8. The van der Waals surface area contributed by atoms with Crippen LogP contribution in [-0.2, 0) is 8.85 Å². The number of hydrogen-bond donors (Lipinski definition) is 1. The van der Waals surface area contributed by atoms with E-state index in [4.69, 9.17) is 8.85 Å². The molecule has 0 aliphatic rings. The third-order valence-electron chi connectivity index (χ3n) is 7.38. The lowest BCUT2D eigenvalue weighted by Crippen LogP contribution is -2.66. The maximum Gasteiger partial charge on any atom is 0.261 e. The van der Waals surface area contributed by atoms with Crippen LogP contribution in [-0.4, -0.2) is 41.6 Å². The molecule has 0 unspecified atom stereocenters. The maximum absolute atomic E-state index is 9.66. The Morgan fingerprint density at radius 3 is 1.56 bits per heavy atom. The van der Waals surface area contributed by atoms with Gasteiger partial charge in [-0.2, -0.15) is 0 Å². The molecule has 0 saturated heterocycles. The topological polar surface area (TPSA) is 38.7 Å². The van der Waals surface area contributed by atoms with Crippen molar-refractivity contribution in [3.8, 4) is 0 Å². The normalized spacial score (nSPS) is 14.2. The Hall–Kier alpha value is -1.51. The van der Waals surface area contributed by atoms with Crippen LogP contribution in [0.1, 0.15) is 54.9 Å². The molecule has 0 saturated carbocycles. The lowest BCUT2D eigenvalue weighted by atomic mass is 10.1. The van der Waals surface area contributed by atoms with Crippen molar-refractivity contribution in [1.82, 2.24) is 0 Å². The average molecular weight is 499 g/mol. The van der Waals surface area contributed by atoms with Crippen molar-refractivity contribution in [1.29, 1.82) is 0 Å². The van der Waals surface area contributed by atoms with Gasteiger partial charge in [0.25, 0.3) is 8.32 Å². The first-order valence-corrected chi connectivity index (χ1v) is 17.3. The molecule has 0 radical (unpaired) electrons. The highest BCUT2D eigenvalue weighted by molar-refractivity contribution is 6.99. The van der Waals surface area contributed by atoms with Gasteiger partial charge in [-0.3, -0.25) is 0 Å². The minimum absolute atomic E-state index is 0.0774. The Kier molecular flexibility index (Phi) is 9.71. The zero-order valence-electron chi connectivity index (χ0n) is 22.9. The molecule has 0 aliphatic carbocycles. The van der Waals surface area contributed by atoms with Crippen molar-refractivity contribution in [2.24, 2.45) is 0 Å². The fourth-order valence-corrected chi connectivity index (χ4v) is 9.59. The Bertz CT molecular complexity index is 884. The summed E-state index contributed by atoms with van der Waals surface area (Å²) in [6.07, 6.45) is 0.639. The van der Waals surface area contributed by atoms with E-state index < -0.39 is 16.6 Å². The van der Waals surface area contributed by atoms with E-state index in [0.717, 1.165) is 5.57 Å². The predicted octanol–water partition coefficient (Wildman–Crippen LogP) is 6.28. The molecule has 0 fully saturated rings. The molecule has 1 N–H and O–H groups in total. The van der Waals surface area contributed by atoms with E-state index in [0.29, 0.717) is 19.6 Å². The SMILES string of the molecule is C/C(CCO)=C(/CO[Si](C)(C)C(C)(C)C)CO[Si](c1ccccc1)(c1ccccc1)C(C)(C)C. The molecule has 0 aliphatic heterocycles. The molecule has 2 aromatic rings. The van der Waals surface area contributed by atoms with E-state index in [9.17, 15) is 5.11 Å². The van der Waals surface area contributed by atoms with Gasteiger partial charge in [0, 0.05) is 6.61 Å². The molecule has 0 bridgehead atoms. The van der Waals surface area contributed by atoms with E-state index in [2.05, 4.69) is 122 Å². The second-order valence-corrected chi connectivity index (χ2v) is 21.0. The fraction of sp³-hybridized carbons (Fsp3) is 0.517. The van der Waals surface area contributed by atoms with E-state index in [1.54, 1.807) is 0 Å². The van der Waals surface area contributed by atoms with Gasteiger partial charge in [0.1, 0.15) is 0 Å². The molecule has 0 atom stereocenters. The average Bonchev–Trinajstić information content (AvgIpc) is 2.76. The lowest BCUT2D eigenvalue weighted by molar-refractivity contribution is 0.269. The van der Waals surface area contributed by atoms with Crippen molar-refractivity contribution < 1.29 is 14.0 Å². The Morgan fingerprint density at radius 1 is 0.735 bits per heavy atom. The molecule has 0 aromatic heterocycles. The lowest BCUT2D eigenvalue weighted by Gasteiger charge is -2.43. The minimum Gasteiger partial charge on any atom is -0.413 e.